The first-order valence-corrected chi connectivity index (χ1v) is 5.12. The van der Waals surface area contributed by atoms with E-state index in [1.807, 2.05) is 12.1 Å². The normalized spacial score (nSPS) is 15.7. The summed E-state index contributed by atoms with van der Waals surface area (Å²) < 4.78 is 5.29. The molecule has 0 aromatic heterocycles. The Hall–Kier alpha value is -1.32. The first kappa shape index (κ1) is 10.2. The molecule has 0 atom stereocenters. The van der Waals surface area contributed by atoms with E-state index in [4.69, 9.17) is 10.5 Å². The molecule has 0 bridgehead atoms. The maximum absolute atomic E-state index is 5.55. The molecule has 2 N–H and O–H groups in total. The summed E-state index contributed by atoms with van der Waals surface area (Å²) in [5, 5.41) is 0. The highest BCUT2D eigenvalue weighted by Crippen LogP contribution is 2.19. The van der Waals surface area contributed by atoms with Gasteiger partial charge in [0.25, 0.3) is 0 Å². The van der Waals surface area contributed by atoms with Crippen LogP contribution in [0.2, 0.25) is 0 Å². The molecule has 0 amide bonds. The summed E-state index contributed by atoms with van der Waals surface area (Å²) in [6, 6.07) is 8.20. The molecule has 0 aliphatic carbocycles. The quantitative estimate of drug-likeness (QED) is 0.809. The Bertz CT molecular complexity index is 339. The van der Waals surface area contributed by atoms with Gasteiger partial charge < -0.3 is 15.4 Å². The lowest BCUT2D eigenvalue weighted by Crippen LogP contribution is -2.17. The highest BCUT2D eigenvalue weighted by Gasteiger charge is 2.14. The molecule has 1 aliphatic rings. The average Bonchev–Trinajstić information content (AvgIpc) is 2.82. The van der Waals surface area contributed by atoms with Crippen molar-refractivity contribution in [3.05, 3.63) is 42.0 Å². The lowest BCUT2D eigenvalue weighted by molar-refractivity contribution is 0.165. The van der Waals surface area contributed by atoms with Crippen molar-refractivity contribution in [1.29, 1.82) is 0 Å². The van der Waals surface area contributed by atoms with Gasteiger partial charge >= 0.3 is 0 Å². The predicted octanol–water partition coefficient (Wildman–Crippen LogP) is 1.41. The Labute approximate surface area is 90.1 Å². The molecule has 0 radical (unpaired) electrons. The number of hydrogen-bond acceptors (Lipinski definition) is 3. The van der Waals surface area contributed by atoms with Crippen LogP contribution < -0.4 is 5.73 Å². The minimum atomic E-state index is 0.583. The topological polar surface area (TPSA) is 38.5 Å². The summed E-state index contributed by atoms with van der Waals surface area (Å²) in [6.45, 7) is 7.03. The molecule has 0 spiro atoms. The van der Waals surface area contributed by atoms with E-state index in [-0.39, 0.29) is 0 Å². The van der Waals surface area contributed by atoms with E-state index < -0.39 is 0 Å². The zero-order chi connectivity index (χ0) is 10.7. The zero-order valence-electron chi connectivity index (χ0n) is 8.78. The summed E-state index contributed by atoms with van der Waals surface area (Å²) >= 11 is 0. The van der Waals surface area contributed by atoms with Crippen molar-refractivity contribution in [1.82, 2.24) is 4.90 Å². The largest absolute Gasteiger partial charge is 0.359 e. The molecule has 2 rings (SSSR count). The molecular formula is C12H16N2O. The molecule has 1 aliphatic heterocycles. The second-order valence-corrected chi connectivity index (χ2v) is 3.65. The Morgan fingerprint density at radius 1 is 1.40 bits per heavy atom. The number of ether oxygens (including phenoxy) is 1. The van der Waals surface area contributed by atoms with Gasteiger partial charge in [0.2, 0.25) is 0 Å². The van der Waals surface area contributed by atoms with Crippen molar-refractivity contribution in [3.63, 3.8) is 0 Å². The monoisotopic (exact) mass is 204 g/mol. The van der Waals surface area contributed by atoms with Crippen LogP contribution in [0.15, 0.2) is 30.8 Å². The van der Waals surface area contributed by atoms with Gasteiger partial charge in [-0.1, -0.05) is 30.8 Å². The van der Waals surface area contributed by atoms with Gasteiger partial charge in [-0.25, -0.2) is 0 Å². The summed E-state index contributed by atoms with van der Waals surface area (Å²) in [7, 11) is 0. The fraction of sp³-hybridized carbons (Fsp3) is 0.333. The lowest BCUT2D eigenvalue weighted by atomic mass is 10.1. The van der Waals surface area contributed by atoms with E-state index >= 15 is 0 Å². The molecular weight excluding hydrogens is 188 g/mol. The fourth-order valence-corrected chi connectivity index (χ4v) is 1.64. The zero-order valence-corrected chi connectivity index (χ0v) is 8.78. The smallest absolute Gasteiger partial charge is 0.119 e. The standard InChI is InChI=1S/C12H16N2O/c1-10(14-6-7-15-9-14)12-4-2-11(8-13)3-5-12/h2-5H,1,6-9,13H2. The third kappa shape index (κ3) is 2.19. The van der Waals surface area contributed by atoms with Crippen molar-refractivity contribution < 1.29 is 4.74 Å². The molecule has 15 heavy (non-hydrogen) atoms. The maximum atomic E-state index is 5.55. The van der Waals surface area contributed by atoms with Crippen LogP contribution in [0.3, 0.4) is 0 Å². The first-order valence-electron chi connectivity index (χ1n) is 5.12. The second kappa shape index (κ2) is 4.47. The maximum Gasteiger partial charge on any atom is 0.119 e. The summed E-state index contributed by atoms with van der Waals surface area (Å²) in [5.41, 5.74) is 8.85. The van der Waals surface area contributed by atoms with Crippen LogP contribution in [0.5, 0.6) is 0 Å². The van der Waals surface area contributed by atoms with E-state index in [9.17, 15) is 0 Å². The minimum absolute atomic E-state index is 0.583. The Morgan fingerprint density at radius 2 is 2.13 bits per heavy atom. The fourth-order valence-electron chi connectivity index (χ4n) is 1.64. The van der Waals surface area contributed by atoms with Crippen LogP contribution in [-0.4, -0.2) is 24.8 Å². The summed E-state index contributed by atoms with van der Waals surface area (Å²) in [4.78, 5) is 2.14. The third-order valence-corrected chi connectivity index (χ3v) is 2.66. The van der Waals surface area contributed by atoms with E-state index in [1.165, 1.54) is 0 Å². The Balaban J connectivity index is 2.11. The van der Waals surface area contributed by atoms with Gasteiger partial charge in [-0.3, -0.25) is 0 Å². The van der Waals surface area contributed by atoms with Gasteiger partial charge in [0.05, 0.1) is 6.61 Å². The first-order chi connectivity index (χ1) is 7.31. The van der Waals surface area contributed by atoms with E-state index in [0.29, 0.717) is 13.3 Å². The molecule has 80 valence electrons. The molecule has 0 unspecified atom stereocenters. The Kier molecular flexibility index (Phi) is 3.04. The van der Waals surface area contributed by atoms with Gasteiger partial charge in [-0.05, 0) is 11.1 Å². The van der Waals surface area contributed by atoms with Crippen LogP contribution >= 0.6 is 0 Å². The van der Waals surface area contributed by atoms with E-state index in [1.54, 1.807) is 0 Å². The number of rotatable bonds is 3. The molecule has 1 saturated heterocycles. The molecule has 0 saturated carbocycles. The minimum Gasteiger partial charge on any atom is -0.359 e. The molecule has 1 aromatic carbocycles. The van der Waals surface area contributed by atoms with E-state index in [2.05, 4.69) is 23.6 Å². The van der Waals surface area contributed by atoms with Crippen molar-refractivity contribution in [2.24, 2.45) is 5.73 Å². The van der Waals surface area contributed by atoms with Crippen LogP contribution in [0.1, 0.15) is 11.1 Å². The average molecular weight is 204 g/mol. The van der Waals surface area contributed by atoms with Crippen molar-refractivity contribution in [3.8, 4) is 0 Å². The van der Waals surface area contributed by atoms with Gasteiger partial charge in [-0.2, -0.15) is 0 Å². The van der Waals surface area contributed by atoms with Crippen molar-refractivity contribution in [2.45, 2.75) is 6.54 Å². The predicted molar refractivity (Wildman–Crippen MR) is 60.9 cm³/mol. The molecule has 1 fully saturated rings. The highest BCUT2D eigenvalue weighted by molar-refractivity contribution is 5.62. The van der Waals surface area contributed by atoms with Gasteiger partial charge in [-0.15, -0.1) is 0 Å². The second-order valence-electron chi connectivity index (χ2n) is 3.65. The van der Waals surface area contributed by atoms with Crippen LogP contribution in [0.4, 0.5) is 0 Å². The Morgan fingerprint density at radius 3 is 2.67 bits per heavy atom. The van der Waals surface area contributed by atoms with Crippen molar-refractivity contribution in [2.75, 3.05) is 19.9 Å². The summed E-state index contributed by atoms with van der Waals surface area (Å²) in [6.07, 6.45) is 0. The van der Waals surface area contributed by atoms with Gasteiger partial charge in [0.1, 0.15) is 6.73 Å². The lowest BCUT2D eigenvalue weighted by Gasteiger charge is -2.18. The van der Waals surface area contributed by atoms with Gasteiger partial charge in [0, 0.05) is 18.8 Å². The molecule has 3 nitrogen and oxygen atoms in total. The molecule has 1 heterocycles. The van der Waals surface area contributed by atoms with Crippen LogP contribution in [-0.2, 0) is 11.3 Å². The third-order valence-electron chi connectivity index (χ3n) is 2.66. The molecule has 1 aromatic rings. The van der Waals surface area contributed by atoms with Crippen molar-refractivity contribution >= 4 is 5.70 Å². The SMILES string of the molecule is C=C(c1ccc(CN)cc1)N1CCOC1. The number of benzene rings is 1. The van der Waals surface area contributed by atoms with E-state index in [0.717, 1.165) is 30.0 Å². The molecule has 3 heteroatoms. The summed E-state index contributed by atoms with van der Waals surface area (Å²) in [5.74, 6) is 0. The van der Waals surface area contributed by atoms with Crippen LogP contribution in [0, 0.1) is 0 Å². The highest BCUT2D eigenvalue weighted by atomic mass is 16.5. The number of nitrogens with two attached hydrogens (primary N) is 1. The van der Waals surface area contributed by atoms with Gasteiger partial charge in [0.15, 0.2) is 0 Å². The number of hydrogen-bond donors (Lipinski definition) is 1. The van der Waals surface area contributed by atoms with Crippen LogP contribution in [0.25, 0.3) is 5.70 Å². The number of nitrogens with zero attached hydrogens (tertiary/aromatic N) is 1.